The first-order chi connectivity index (χ1) is 6.44. The van der Waals surface area contributed by atoms with Gasteiger partial charge in [0, 0.05) is 10.2 Å². The lowest BCUT2D eigenvalue weighted by atomic mass is 10.1. The fourth-order valence-corrected chi connectivity index (χ4v) is 2.47. The molecule has 1 aromatic rings. The average molecular weight is 320 g/mol. The third-order valence-electron chi connectivity index (χ3n) is 1.84. The van der Waals surface area contributed by atoms with Crippen molar-refractivity contribution in [1.82, 2.24) is 0 Å². The van der Waals surface area contributed by atoms with E-state index in [1.165, 1.54) is 19.4 Å². The van der Waals surface area contributed by atoms with Crippen LogP contribution in [-0.4, -0.2) is 15.8 Å². The van der Waals surface area contributed by atoms with E-state index in [0.29, 0.717) is 0 Å². The number of halogens is 1. The van der Waals surface area contributed by atoms with E-state index in [1.807, 2.05) is 0 Å². The molecule has 0 fully saturated rings. The van der Waals surface area contributed by atoms with Crippen LogP contribution in [0.25, 0.3) is 0 Å². The molecule has 0 aliphatic carbocycles. The van der Waals surface area contributed by atoms with Crippen LogP contribution in [0.3, 0.4) is 0 Å². The highest BCUT2D eigenvalue weighted by molar-refractivity contribution is 14.1. The number of rotatable bonds is 2. The van der Waals surface area contributed by atoms with Crippen molar-refractivity contribution in [2.24, 2.45) is 0 Å². The van der Waals surface area contributed by atoms with Crippen LogP contribution in [0.15, 0.2) is 18.2 Å². The fourth-order valence-electron chi connectivity index (χ4n) is 1.25. The van der Waals surface area contributed by atoms with Crippen LogP contribution in [0.5, 0.6) is 5.75 Å². The molecular weight excluding hydrogens is 303 g/mol. The van der Waals surface area contributed by atoms with Gasteiger partial charge in [0.05, 0.1) is 3.57 Å². The lowest BCUT2D eigenvalue weighted by Gasteiger charge is -2.24. The standard InChI is InChI=1S/C11H17IOSi/c1-11(2,3)13-10-8(7-14)5-4-6-9(10)12/h4-6H,7H2,1-3,14H3. The predicted octanol–water partition coefficient (Wildman–Crippen LogP) is 2.33. The molecule has 1 rings (SSSR count). The van der Waals surface area contributed by atoms with E-state index in [9.17, 15) is 0 Å². The molecule has 78 valence electrons. The average Bonchev–Trinajstić information content (AvgIpc) is 2.06. The number of hydrogen-bond donors (Lipinski definition) is 0. The summed E-state index contributed by atoms with van der Waals surface area (Å²) in [6, 6.07) is 7.52. The van der Waals surface area contributed by atoms with Crippen molar-refractivity contribution < 1.29 is 4.74 Å². The summed E-state index contributed by atoms with van der Waals surface area (Å²) in [5.41, 5.74) is 1.24. The molecule has 14 heavy (non-hydrogen) atoms. The summed E-state index contributed by atoms with van der Waals surface area (Å²) in [7, 11) is 1.18. The van der Waals surface area contributed by atoms with E-state index in [1.54, 1.807) is 0 Å². The van der Waals surface area contributed by atoms with E-state index >= 15 is 0 Å². The van der Waals surface area contributed by atoms with Gasteiger partial charge in [-0.1, -0.05) is 12.1 Å². The van der Waals surface area contributed by atoms with Gasteiger partial charge in [-0.3, -0.25) is 0 Å². The molecule has 1 aromatic carbocycles. The highest BCUT2D eigenvalue weighted by atomic mass is 127. The molecular formula is C11H17IOSi. The SMILES string of the molecule is CC(C)(C)Oc1c(I)cccc1C[SiH3]. The maximum Gasteiger partial charge on any atom is 0.136 e. The molecule has 0 saturated heterocycles. The Morgan fingerprint density at radius 1 is 1.36 bits per heavy atom. The van der Waals surface area contributed by atoms with Gasteiger partial charge in [-0.2, -0.15) is 0 Å². The van der Waals surface area contributed by atoms with Crippen LogP contribution in [0.2, 0.25) is 0 Å². The predicted molar refractivity (Wildman–Crippen MR) is 73.2 cm³/mol. The molecule has 0 aromatic heterocycles. The Labute approximate surface area is 103 Å². The topological polar surface area (TPSA) is 9.23 Å². The second kappa shape index (κ2) is 4.66. The first kappa shape index (κ1) is 12.0. The summed E-state index contributed by atoms with van der Waals surface area (Å²) < 4.78 is 7.18. The largest absolute Gasteiger partial charge is 0.487 e. The normalized spacial score (nSPS) is 11.7. The second-order valence-electron chi connectivity index (χ2n) is 4.30. The highest BCUT2D eigenvalue weighted by Gasteiger charge is 2.15. The Morgan fingerprint density at radius 3 is 2.50 bits per heavy atom. The van der Waals surface area contributed by atoms with E-state index < -0.39 is 0 Å². The molecule has 3 heteroatoms. The van der Waals surface area contributed by atoms with Crippen LogP contribution in [0, 0.1) is 3.57 Å². The summed E-state index contributed by atoms with van der Waals surface area (Å²) >= 11 is 2.34. The maximum atomic E-state index is 5.97. The van der Waals surface area contributed by atoms with Crippen LogP contribution < -0.4 is 4.74 Å². The molecule has 0 atom stereocenters. The lowest BCUT2D eigenvalue weighted by molar-refractivity contribution is 0.128. The van der Waals surface area contributed by atoms with Gasteiger partial charge in [0.1, 0.15) is 11.4 Å². The number of benzene rings is 1. The van der Waals surface area contributed by atoms with Crippen LogP contribution >= 0.6 is 22.6 Å². The van der Waals surface area contributed by atoms with Gasteiger partial charge in [0.25, 0.3) is 0 Å². The number of ether oxygens (including phenoxy) is 1. The van der Waals surface area contributed by atoms with Gasteiger partial charge in [-0.05, 0) is 61.0 Å². The lowest BCUT2D eigenvalue weighted by Crippen LogP contribution is -2.24. The molecule has 0 aliphatic heterocycles. The van der Waals surface area contributed by atoms with Crippen molar-refractivity contribution >= 4 is 32.8 Å². The monoisotopic (exact) mass is 320 g/mol. The Balaban J connectivity index is 3.05. The molecule has 0 saturated carbocycles. The van der Waals surface area contributed by atoms with Crippen molar-refractivity contribution in [3.8, 4) is 5.75 Å². The van der Waals surface area contributed by atoms with Crippen molar-refractivity contribution in [1.29, 1.82) is 0 Å². The summed E-state index contributed by atoms with van der Waals surface area (Å²) in [5.74, 6) is 1.08. The first-order valence-corrected chi connectivity index (χ1v) is 7.39. The zero-order valence-electron chi connectivity index (χ0n) is 9.23. The van der Waals surface area contributed by atoms with Gasteiger partial charge in [0.2, 0.25) is 0 Å². The van der Waals surface area contributed by atoms with Gasteiger partial charge in [-0.15, -0.1) is 0 Å². The number of hydrogen-bond acceptors (Lipinski definition) is 1. The summed E-state index contributed by atoms with van der Waals surface area (Å²) in [6.07, 6.45) is 0. The van der Waals surface area contributed by atoms with Gasteiger partial charge in [0.15, 0.2) is 0 Å². The second-order valence-corrected chi connectivity index (χ2v) is 6.17. The van der Waals surface area contributed by atoms with Crippen LogP contribution in [0.4, 0.5) is 0 Å². The Kier molecular flexibility index (Phi) is 4.01. The maximum absolute atomic E-state index is 5.97. The third-order valence-corrected chi connectivity index (χ3v) is 3.45. The van der Waals surface area contributed by atoms with E-state index in [4.69, 9.17) is 4.74 Å². The van der Waals surface area contributed by atoms with Crippen molar-refractivity contribution in [3.63, 3.8) is 0 Å². The Morgan fingerprint density at radius 2 is 2.00 bits per heavy atom. The Bertz CT molecular complexity index is 318. The smallest absolute Gasteiger partial charge is 0.136 e. The zero-order valence-corrected chi connectivity index (χ0v) is 13.4. The molecule has 0 heterocycles. The van der Waals surface area contributed by atoms with E-state index in [0.717, 1.165) is 11.8 Å². The first-order valence-electron chi connectivity index (χ1n) is 4.90. The number of para-hydroxylation sites is 1. The molecule has 0 unspecified atom stereocenters. The minimum absolute atomic E-state index is 0.104. The highest BCUT2D eigenvalue weighted by Crippen LogP contribution is 2.28. The molecule has 0 radical (unpaired) electrons. The Hall–Kier alpha value is -0.0331. The van der Waals surface area contributed by atoms with Crippen molar-refractivity contribution in [2.75, 3.05) is 0 Å². The van der Waals surface area contributed by atoms with E-state index in [-0.39, 0.29) is 5.60 Å². The quantitative estimate of drug-likeness (QED) is 0.600. The van der Waals surface area contributed by atoms with Gasteiger partial charge < -0.3 is 4.74 Å². The minimum Gasteiger partial charge on any atom is -0.487 e. The van der Waals surface area contributed by atoms with Crippen LogP contribution in [0.1, 0.15) is 26.3 Å². The van der Waals surface area contributed by atoms with Crippen molar-refractivity contribution in [2.45, 2.75) is 32.4 Å². The molecule has 0 spiro atoms. The minimum atomic E-state index is -0.104. The molecule has 0 amide bonds. The molecule has 0 bridgehead atoms. The van der Waals surface area contributed by atoms with E-state index in [2.05, 4.69) is 61.6 Å². The summed E-state index contributed by atoms with van der Waals surface area (Å²) in [5, 5.41) is 0. The van der Waals surface area contributed by atoms with Crippen LogP contribution in [-0.2, 0) is 6.04 Å². The summed E-state index contributed by atoms with van der Waals surface area (Å²) in [4.78, 5) is 0. The third kappa shape index (κ3) is 3.27. The van der Waals surface area contributed by atoms with Gasteiger partial charge in [-0.25, -0.2) is 0 Å². The van der Waals surface area contributed by atoms with Gasteiger partial charge >= 0.3 is 0 Å². The molecule has 0 aliphatic rings. The zero-order chi connectivity index (χ0) is 10.8. The molecule has 0 N–H and O–H groups in total. The molecule has 1 nitrogen and oxygen atoms in total. The fraction of sp³-hybridized carbons (Fsp3) is 0.455. The van der Waals surface area contributed by atoms with Crippen molar-refractivity contribution in [3.05, 3.63) is 27.3 Å². The summed E-state index contributed by atoms with van der Waals surface area (Å²) in [6.45, 7) is 6.27.